The second kappa shape index (κ2) is 4.61. The van der Waals surface area contributed by atoms with Gasteiger partial charge >= 0.3 is 0 Å². The Kier molecular flexibility index (Phi) is 3.65. The molecule has 1 radical (unpaired) electrons. The van der Waals surface area contributed by atoms with Gasteiger partial charge in [0.05, 0.1) is 5.60 Å². The van der Waals surface area contributed by atoms with Crippen molar-refractivity contribution in [3.05, 3.63) is 0 Å². The maximum Gasteiger partial charge on any atom is 0.146 e. The second-order valence-electron chi connectivity index (χ2n) is 7.11. The first-order chi connectivity index (χ1) is 7.91. The SMILES string of the molecule is C[B]C1OC2(CC(C)C)CC(C)C1C2C(C)C. The predicted molar refractivity (Wildman–Crippen MR) is 74.3 cm³/mol. The molecule has 0 aromatic carbocycles. The van der Waals surface area contributed by atoms with E-state index < -0.39 is 0 Å². The summed E-state index contributed by atoms with van der Waals surface area (Å²) in [5.74, 6) is 3.84. The fourth-order valence-electron chi connectivity index (χ4n) is 4.83. The zero-order valence-corrected chi connectivity index (χ0v) is 12.4. The van der Waals surface area contributed by atoms with Crippen LogP contribution < -0.4 is 0 Å². The van der Waals surface area contributed by atoms with Crippen LogP contribution in [0.25, 0.3) is 0 Å². The lowest BCUT2D eigenvalue weighted by Gasteiger charge is -2.37. The number of hydrogen-bond acceptors (Lipinski definition) is 1. The van der Waals surface area contributed by atoms with Gasteiger partial charge in [-0.2, -0.15) is 0 Å². The van der Waals surface area contributed by atoms with Crippen LogP contribution >= 0.6 is 0 Å². The molecule has 97 valence electrons. The van der Waals surface area contributed by atoms with Crippen molar-refractivity contribution in [1.82, 2.24) is 0 Å². The van der Waals surface area contributed by atoms with Crippen LogP contribution in [0.5, 0.6) is 0 Å². The molecule has 0 aromatic rings. The van der Waals surface area contributed by atoms with E-state index in [1.807, 2.05) is 0 Å². The normalized spacial score (nSPS) is 44.9. The Labute approximate surface area is 108 Å². The molecule has 5 atom stereocenters. The summed E-state index contributed by atoms with van der Waals surface area (Å²) in [7, 11) is 2.29. The molecule has 0 aromatic heterocycles. The highest BCUT2D eigenvalue weighted by atomic mass is 16.5. The summed E-state index contributed by atoms with van der Waals surface area (Å²) in [4.78, 5) is 0. The molecule has 1 saturated carbocycles. The van der Waals surface area contributed by atoms with Crippen molar-refractivity contribution in [2.75, 3.05) is 0 Å². The average Bonchev–Trinajstić information content (AvgIpc) is 2.64. The first-order valence-electron chi connectivity index (χ1n) is 7.38. The van der Waals surface area contributed by atoms with E-state index in [1.165, 1.54) is 12.8 Å². The molecule has 2 fully saturated rings. The van der Waals surface area contributed by atoms with Gasteiger partial charge in [0.1, 0.15) is 7.28 Å². The number of ether oxygens (including phenoxy) is 1. The van der Waals surface area contributed by atoms with Gasteiger partial charge in [0.25, 0.3) is 0 Å². The molecular formula is C15H28BO. The minimum absolute atomic E-state index is 0.184. The molecule has 2 rings (SSSR count). The van der Waals surface area contributed by atoms with Crippen LogP contribution in [0.3, 0.4) is 0 Å². The summed E-state index contributed by atoms with van der Waals surface area (Å²) in [5.41, 5.74) is 0.184. The molecular weight excluding hydrogens is 207 g/mol. The van der Waals surface area contributed by atoms with Gasteiger partial charge in [-0.25, -0.2) is 0 Å². The monoisotopic (exact) mass is 235 g/mol. The van der Waals surface area contributed by atoms with E-state index >= 15 is 0 Å². The zero-order valence-electron chi connectivity index (χ0n) is 12.4. The highest BCUT2D eigenvalue weighted by Gasteiger charge is 2.62. The van der Waals surface area contributed by atoms with Crippen LogP contribution in [0, 0.1) is 29.6 Å². The van der Waals surface area contributed by atoms with E-state index in [0.717, 1.165) is 29.6 Å². The minimum atomic E-state index is 0.184. The van der Waals surface area contributed by atoms with Gasteiger partial charge in [-0.05, 0) is 42.4 Å². The Morgan fingerprint density at radius 2 is 1.94 bits per heavy atom. The van der Waals surface area contributed by atoms with E-state index in [1.54, 1.807) is 0 Å². The largest absolute Gasteiger partial charge is 0.380 e. The summed E-state index contributed by atoms with van der Waals surface area (Å²) in [6.07, 6.45) is 2.52. The average molecular weight is 235 g/mol. The van der Waals surface area contributed by atoms with E-state index in [2.05, 4.69) is 48.7 Å². The summed E-state index contributed by atoms with van der Waals surface area (Å²) in [5, 5.41) is 0. The second-order valence-corrected chi connectivity index (χ2v) is 7.11. The molecule has 5 unspecified atom stereocenters. The molecule has 0 N–H and O–H groups in total. The van der Waals surface area contributed by atoms with E-state index in [-0.39, 0.29) is 5.60 Å². The van der Waals surface area contributed by atoms with Crippen molar-refractivity contribution in [2.45, 2.75) is 65.9 Å². The van der Waals surface area contributed by atoms with E-state index in [9.17, 15) is 0 Å². The first kappa shape index (κ1) is 13.5. The fraction of sp³-hybridized carbons (Fsp3) is 1.00. The van der Waals surface area contributed by atoms with Crippen LogP contribution in [0.2, 0.25) is 6.82 Å². The molecule has 1 aliphatic heterocycles. The van der Waals surface area contributed by atoms with Gasteiger partial charge < -0.3 is 4.74 Å². The topological polar surface area (TPSA) is 9.23 Å². The van der Waals surface area contributed by atoms with Crippen molar-refractivity contribution in [1.29, 1.82) is 0 Å². The maximum absolute atomic E-state index is 6.50. The molecule has 1 aliphatic carbocycles. The zero-order chi connectivity index (χ0) is 12.8. The third kappa shape index (κ3) is 2.07. The molecule has 1 nitrogen and oxygen atoms in total. The highest BCUT2D eigenvalue weighted by Crippen LogP contribution is 2.59. The van der Waals surface area contributed by atoms with Crippen molar-refractivity contribution in [3.63, 3.8) is 0 Å². The van der Waals surface area contributed by atoms with Crippen LogP contribution in [0.15, 0.2) is 0 Å². The Morgan fingerprint density at radius 1 is 1.29 bits per heavy atom. The molecule has 2 heteroatoms. The van der Waals surface area contributed by atoms with Gasteiger partial charge in [0, 0.05) is 6.00 Å². The van der Waals surface area contributed by atoms with E-state index in [0.29, 0.717) is 6.00 Å². The molecule has 17 heavy (non-hydrogen) atoms. The number of fused-ring (bicyclic) bond motifs is 2. The summed E-state index contributed by atoms with van der Waals surface area (Å²) in [6.45, 7) is 14.0. The highest BCUT2D eigenvalue weighted by molar-refractivity contribution is 6.35. The smallest absolute Gasteiger partial charge is 0.146 e. The van der Waals surface area contributed by atoms with Crippen LogP contribution in [-0.4, -0.2) is 18.9 Å². The van der Waals surface area contributed by atoms with Crippen molar-refractivity contribution in [2.24, 2.45) is 29.6 Å². The van der Waals surface area contributed by atoms with Crippen LogP contribution in [-0.2, 0) is 4.74 Å². The first-order valence-corrected chi connectivity index (χ1v) is 7.38. The third-order valence-corrected chi connectivity index (χ3v) is 4.90. The van der Waals surface area contributed by atoms with E-state index in [4.69, 9.17) is 4.74 Å². The Hall–Kier alpha value is 0.0249. The summed E-state index contributed by atoms with van der Waals surface area (Å²) < 4.78 is 6.50. The standard InChI is InChI=1S/C15H28BO/c1-9(2)7-15-8-11(5)12(13(15)10(3)4)14(16-6)17-15/h9-14H,7-8H2,1-6H3. The lowest BCUT2D eigenvalue weighted by atomic mass is 9.64. The van der Waals surface area contributed by atoms with Gasteiger partial charge in [0.2, 0.25) is 0 Å². The predicted octanol–water partition coefficient (Wildman–Crippen LogP) is 3.81. The number of hydrogen-bond donors (Lipinski definition) is 0. The number of rotatable bonds is 4. The maximum atomic E-state index is 6.50. The Balaban J connectivity index is 2.29. The van der Waals surface area contributed by atoms with Gasteiger partial charge in [-0.1, -0.05) is 41.4 Å². The molecule has 2 bridgehead atoms. The van der Waals surface area contributed by atoms with Crippen molar-refractivity contribution in [3.8, 4) is 0 Å². The lowest BCUT2D eigenvalue weighted by molar-refractivity contribution is -0.0773. The fourth-order valence-corrected chi connectivity index (χ4v) is 4.83. The van der Waals surface area contributed by atoms with Gasteiger partial charge in [0.15, 0.2) is 0 Å². The Morgan fingerprint density at radius 3 is 2.41 bits per heavy atom. The van der Waals surface area contributed by atoms with Crippen LogP contribution in [0.4, 0.5) is 0 Å². The molecule has 1 saturated heterocycles. The van der Waals surface area contributed by atoms with Crippen molar-refractivity contribution < 1.29 is 4.74 Å². The minimum Gasteiger partial charge on any atom is -0.380 e. The molecule has 1 heterocycles. The van der Waals surface area contributed by atoms with Crippen LogP contribution in [0.1, 0.15) is 47.5 Å². The third-order valence-electron chi connectivity index (χ3n) is 4.90. The van der Waals surface area contributed by atoms with Gasteiger partial charge in [-0.15, -0.1) is 0 Å². The van der Waals surface area contributed by atoms with Gasteiger partial charge in [-0.3, -0.25) is 0 Å². The molecule has 0 spiro atoms. The summed E-state index contributed by atoms with van der Waals surface area (Å²) >= 11 is 0. The molecule has 2 aliphatic rings. The van der Waals surface area contributed by atoms with Crippen molar-refractivity contribution >= 4 is 7.28 Å². The summed E-state index contributed by atoms with van der Waals surface area (Å²) in [6, 6.07) is 0.407. The quantitative estimate of drug-likeness (QED) is 0.673. The Bertz CT molecular complexity index is 276. The lowest BCUT2D eigenvalue weighted by Crippen LogP contribution is -2.39. The molecule has 0 amide bonds.